The largest absolute Gasteiger partial charge is 0.461 e. The van der Waals surface area contributed by atoms with Gasteiger partial charge in [-0.15, -0.1) is 0 Å². The van der Waals surface area contributed by atoms with Crippen molar-refractivity contribution in [1.82, 2.24) is 19.9 Å². The fourth-order valence-corrected chi connectivity index (χ4v) is 5.41. The molecule has 3 atom stereocenters. The van der Waals surface area contributed by atoms with Crippen molar-refractivity contribution in [3.05, 3.63) is 16.9 Å². The Labute approximate surface area is 185 Å². The lowest BCUT2D eigenvalue weighted by Gasteiger charge is -2.31. The molecule has 168 valence electrons. The number of nitrogens with zero attached hydrogens (tertiary/aromatic N) is 5. The van der Waals surface area contributed by atoms with Crippen molar-refractivity contribution in [2.75, 3.05) is 50.9 Å². The molecular weight excluding hydrogens is 425 g/mol. The monoisotopic (exact) mass is 451 g/mol. The van der Waals surface area contributed by atoms with Gasteiger partial charge in [-0.25, -0.2) is 9.37 Å². The summed E-state index contributed by atoms with van der Waals surface area (Å²) in [6.07, 6.45) is 1.01. The third-order valence-corrected chi connectivity index (χ3v) is 6.76. The quantitative estimate of drug-likeness (QED) is 0.708. The van der Waals surface area contributed by atoms with E-state index in [0.29, 0.717) is 61.5 Å². The smallest absolute Gasteiger partial charge is 0.319 e. The number of aryl methyl sites for hydroxylation is 1. The molecule has 8 nitrogen and oxygen atoms in total. The van der Waals surface area contributed by atoms with E-state index in [9.17, 15) is 9.50 Å². The van der Waals surface area contributed by atoms with Gasteiger partial charge >= 0.3 is 6.01 Å². The summed E-state index contributed by atoms with van der Waals surface area (Å²) in [6, 6.07) is 1.92. The molecule has 0 bridgehead atoms. The summed E-state index contributed by atoms with van der Waals surface area (Å²) in [5, 5.41) is 11.3. The standard InChI is InChI=1S/C21H27ClFN5O3/c1-13-18-16(7-17(22)24-13)25-20(26-19(18)27-5-6-30-11-15(29)10-27)31-12-21-3-2-4-28(21)9-14(23)8-21/h7,14-15,29H,2-6,8-12H2,1H3/t14-,15+,21+/m1/s1. The molecule has 3 saturated heterocycles. The van der Waals surface area contributed by atoms with Crippen LogP contribution in [0.25, 0.3) is 10.9 Å². The molecule has 3 aliphatic rings. The average Bonchev–Trinajstić information content (AvgIpc) is 3.13. The molecule has 2 aromatic heterocycles. The maximum Gasteiger partial charge on any atom is 0.319 e. The number of fused-ring (bicyclic) bond motifs is 2. The normalized spacial score (nSPS) is 29.4. The number of halogens is 2. The molecule has 5 rings (SSSR count). The zero-order valence-corrected chi connectivity index (χ0v) is 18.3. The van der Waals surface area contributed by atoms with Gasteiger partial charge in [0.05, 0.1) is 41.5 Å². The number of alkyl halides is 1. The number of aromatic nitrogens is 3. The van der Waals surface area contributed by atoms with Crippen LogP contribution in [0.2, 0.25) is 5.15 Å². The molecule has 2 aromatic rings. The Morgan fingerprint density at radius 1 is 1.32 bits per heavy atom. The predicted molar refractivity (Wildman–Crippen MR) is 115 cm³/mol. The third-order valence-electron chi connectivity index (χ3n) is 6.57. The van der Waals surface area contributed by atoms with Crippen LogP contribution in [0, 0.1) is 6.92 Å². The van der Waals surface area contributed by atoms with Crippen LogP contribution in [0.5, 0.6) is 6.01 Å². The lowest BCUT2D eigenvalue weighted by atomic mass is 9.95. The molecule has 0 radical (unpaired) electrons. The third kappa shape index (κ3) is 4.04. The van der Waals surface area contributed by atoms with E-state index in [2.05, 4.69) is 14.9 Å². The highest BCUT2D eigenvalue weighted by molar-refractivity contribution is 6.30. The highest BCUT2D eigenvalue weighted by Gasteiger charge is 2.49. The van der Waals surface area contributed by atoms with Crippen LogP contribution in [0.1, 0.15) is 25.0 Å². The Balaban J connectivity index is 1.50. The van der Waals surface area contributed by atoms with Crippen LogP contribution < -0.4 is 9.64 Å². The molecule has 31 heavy (non-hydrogen) atoms. The minimum atomic E-state index is -0.817. The first-order valence-electron chi connectivity index (χ1n) is 10.8. The fraction of sp³-hybridized carbons (Fsp3) is 0.667. The van der Waals surface area contributed by atoms with Crippen molar-refractivity contribution in [3.8, 4) is 6.01 Å². The van der Waals surface area contributed by atoms with Gasteiger partial charge in [-0.2, -0.15) is 9.97 Å². The minimum Gasteiger partial charge on any atom is -0.461 e. The summed E-state index contributed by atoms with van der Waals surface area (Å²) in [6.45, 7) is 5.31. The van der Waals surface area contributed by atoms with Gasteiger partial charge in [0.25, 0.3) is 0 Å². The van der Waals surface area contributed by atoms with Crippen LogP contribution in [0.15, 0.2) is 6.07 Å². The van der Waals surface area contributed by atoms with E-state index in [-0.39, 0.29) is 18.2 Å². The van der Waals surface area contributed by atoms with Crippen LogP contribution in [-0.2, 0) is 4.74 Å². The van der Waals surface area contributed by atoms with Crippen molar-refractivity contribution < 1.29 is 19.0 Å². The Bertz CT molecular complexity index is 982. The van der Waals surface area contributed by atoms with Crippen LogP contribution in [0.4, 0.5) is 10.2 Å². The summed E-state index contributed by atoms with van der Waals surface area (Å²) in [4.78, 5) is 17.9. The van der Waals surface area contributed by atoms with E-state index in [4.69, 9.17) is 26.1 Å². The number of ether oxygens (including phenoxy) is 2. The van der Waals surface area contributed by atoms with Gasteiger partial charge in [-0.05, 0) is 26.3 Å². The Morgan fingerprint density at radius 2 is 2.19 bits per heavy atom. The first kappa shape index (κ1) is 21.1. The van der Waals surface area contributed by atoms with Gasteiger partial charge < -0.3 is 19.5 Å². The predicted octanol–water partition coefficient (Wildman–Crippen LogP) is 2.14. The van der Waals surface area contributed by atoms with Gasteiger partial charge in [0, 0.05) is 32.1 Å². The number of hydrogen-bond donors (Lipinski definition) is 1. The van der Waals surface area contributed by atoms with Crippen molar-refractivity contribution in [2.24, 2.45) is 0 Å². The molecule has 1 N–H and O–H groups in total. The minimum absolute atomic E-state index is 0.229. The summed E-state index contributed by atoms with van der Waals surface area (Å²) in [5.41, 5.74) is 1.06. The van der Waals surface area contributed by atoms with Crippen molar-refractivity contribution in [2.45, 2.75) is 44.0 Å². The molecule has 3 aliphatic heterocycles. The zero-order valence-electron chi connectivity index (χ0n) is 17.6. The molecule has 0 saturated carbocycles. The van der Waals surface area contributed by atoms with Crippen LogP contribution in [-0.4, -0.2) is 88.8 Å². The molecule has 0 unspecified atom stereocenters. The first-order valence-corrected chi connectivity index (χ1v) is 11.2. The summed E-state index contributed by atoms with van der Waals surface area (Å²) in [5.74, 6) is 0.641. The first-order chi connectivity index (χ1) is 14.9. The number of pyridine rings is 1. The van der Waals surface area contributed by atoms with Crippen LogP contribution >= 0.6 is 11.6 Å². The highest BCUT2D eigenvalue weighted by Crippen LogP contribution is 2.40. The molecular formula is C21H27ClFN5O3. The Morgan fingerprint density at radius 3 is 3.06 bits per heavy atom. The second kappa shape index (κ2) is 8.27. The summed E-state index contributed by atoms with van der Waals surface area (Å²) in [7, 11) is 0. The van der Waals surface area contributed by atoms with E-state index in [1.165, 1.54) is 0 Å². The maximum atomic E-state index is 14.1. The Kier molecular flexibility index (Phi) is 5.62. The summed E-state index contributed by atoms with van der Waals surface area (Å²) >= 11 is 6.20. The van der Waals surface area contributed by atoms with Gasteiger partial charge in [0.2, 0.25) is 0 Å². The second-order valence-electron chi connectivity index (χ2n) is 8.79. The lowest BCUT2D eigenvalue weighted by molar-refractivity contribution is 0.0597. The van der Waals surface area contributed by atoms with Gasteiger partial charge in [-0.3, -0.25) is 4.90 Å². The summed E-state index contributed by atoms with van der Waals surface area (Å²) < 4.78 is 25.7. The van der Waals surface area contributed by atoms with Gasteiger partial charge in [-0.1, -0.05) is 11.6 Å². The van der Waals surface area contributed by atoms with Crippen molar-refractivity contribution in [1.29, 1.82) is 0 Å². The van der Waals surface area contributed by atoms with Crippen molar-refractivity contribution in [3.63, 3.8) is 0 Å². The van der Waals surface area contributed by atoms with E-state index < -0.39 is 12.3 Å². The van der Waals surface area contributed by atoms with E-state index >= 15 is 0 Å². The molecule has 0 spiro atoms. The van der Waals surface area contributed by atoms with Crippen LogP contribution in [0.3, 0.4) is 0 Å². The van der Waals surface area contributed by atoms with Crippen molar-refractivity contribution >= 4 is 28.3 Å². The molecule has 0 amide bonds. The van der Waals surface area contributed by atoms with E-state index in [1.54, 1.807) is 6.07 Å². The lowest BCUT2D eigenvalue weighted by Crippen LogP contribution is -2.43. The maximum absolute atomic E-state index is 14.1. The number of anilines is 1. The SMILES string of the molecule is Cc1nc(Cl)cc2nc(OC[C@@]34CCCN3C[C@H](F)C4)nc(N3CCOC[C@@H](O)C3)c12. The number of aliphatic hydroxyl groups is 1. The topological polar surface area (TPSA) is 83.8 Å². The molecule has 3 fully saturated rings. The number of hydrogen-bond acceptors (Lipinski definition) is 8. The number of aliphatic hydroxyl groups excluding tert-OH is 1. The van der Waals surface area contributed by atoms with Gasteiger partial charge in [0.1, 0.15) is 23.7 Å². The molecule has 10 heteroatoms. The van der Waals surface area contributed by atoms with Gasteiger partial charge in [0.15, 0.2) is 0 Å². The average molecular weight is 452 g/mol. The van der Waals surface area contributed by atoms with E-state index in [1.807, 2.05) is 11.8 Å². The molecule has 0 aromatic carbocycles. The molecule has 5 heterocycles. The number of rotatable bonds is 4. The van der Waals surface area contributed by atoms with E-state index in [0.717, 1.165) is 24.8 Å². The molecule has 0 aliphatic carbocycles. The number of β-amino-alcohol motifs (C(OH)–C–C–N with tert-alkyl or cyclic N) is 1. The fourth-order valence-electron chi connectivity index (χ4n) is 5.18. The second-order valence-corrected chi connectivity index (χ2v) is 9.18. The highest BCUT2D eigenvalue weighted by atomic mass is 35.5. The Hall–Kier alpha value is -1.81. The zero-order chi connectivity index (χ0) is 21.6.